The van der Waals surface area contributed by atoms with Crippen LogP contribution in [-0.4, -0.2) is 17.7 Å². The van der Waals surface area contributed by atoms with Crippen molar-refractivity contribution >= 4 is 29.4 Å². The van der Waals surface area contributed by atoms with E-state index in [4.69, 9.17) is 0 Å². The van der Waals surface area contributed by atoms with Crippen LogP contribution >= 0.6 is 11.8 Å². The summed E-state index contributed by atoms with van der Waals surface area (Å²) in [6.45, 7) is 0. The minimum Gasteiger partial charge on any atom is -0.306 e. The van der Waals surface area contributed by atoms with E-state index >= 15 is 0 Å². The van der Waals surface area contributed by atoms with Crippen molar-refractivity contribution in [2.24, 2.45) is 0 Å². The van der Waals surface area contributed by atoms with Gasteiger partial charge in [-0.15, -0.1) is 11.8 Å². The van der Waals surface area contributed by atoms with Gasteiger partial charge >= 0.3 is 6.03 Å². The summed E-state index contributed by atoms with van der Waals surface area (Å²) in [5, 5.41) is 2.38. The predicted octanol–water partition coefficient (Wildman–Crippen LogP) is 3.30. The van der Waals surface area contributed by atoms with E-state index in [0.29, 0.717) is 5.75 Å². The largest absolute Gasteiger partial charge is 0.337 e. The monoisotopic (exact) mass is 351 g/mol. The van der Waals surface area contributed by atoms with E-state index in [1.54, 1.807) is 12.1 Å². The Labute approximate surface area is 141 Å². The van der Waals surface area contributed by atoms with Gasteiger partial charge in [0.2, 0.25) is 5.91 Å². The summed E-state index contributed by atoms with van der Waals surface area (Å²) < 4.78 is 25.7. The van der Waals surface area contributed by atoms with Crippen LogP contribution < -0.4 is 16.2 Å². The number of carbonyl (C=O) groups is 2. The van der Waals surface area contributed by atoms with Crippen LogP contribution in [0.2, 0.25) is 0 Å². The third-order valence-electron chi connectivity index (χ3n) is 2.81. The quantitative estimate of drug-likeness (QED) is 0.572. The number of nitrogens with one attached hydrogen (secondary N) is 3. The normalized spacial score (nSPS) is 10.1. The number of thioether (sulfide) groups is 1. The zero-order valence-corrected chi connectivity index (χ0v) is 13.3. The molecule has 0 atom stereocenters. The molecule has 0 aliphatic carbocycles. The Morgan fingerprint density at radius 3 is 2.42 bits per heavy atom. The molecular weight excluding hydrogens is 336 g/mol. The molecule has 3 N–H and O–H groups in total. The van der Waals surface area contributed by atoms with Crippen LogP contribution in [-0.2, 0) is 4.79 Å². The number of amides is 3. The van der Waals surface area contributed by atoms with E-state index < -0.39 is 11.8 Å². The van der Waals surface area contributed by atoms with Gasteiger partial charge in [-0.2, -0.15) is 0 Å². The highest BCUT2D eigenvalue weighted by Gasteiger charge is 2.06. The molecule has 0 unspecified atom stereocenters. The molecule has 0 aliphatic heterocycles. The molecule has 126 valence electrons. The molecule has 2 aromatic rings. The summed E-state index contributed by atoms with van der Waals surface area (Å²) >= 11 is 1.40. The van der Waals surface area contributed by atoms with Gasteiger partial charge < -0.3 is 5.32 Å². The summed E-state index contributed by atoms with van der Waals surface area (Å²) in [6, 6.07) is 10.6. The van der Waals surface area contributed by atoms with Crippen LogP contribution in [0.25, 0.3) is 0 Å². The highest BCUT2D eigenvalue weighted by molar-refractivity contribution is 7.99. The number of anilines is 1. The number of hydrogen-bond acceptors (Lipinski definition) is 3. The fourth-order valence-corrected chi connectivity index (χ4v) is 2.56. The second-order valence-electron chi connectivity index (χ2n) is 4.69. The van der Waals surface area contributed by atoms with Crippen LogP contribution in [0.3, 0.4) is 0 Å². The first-order chi connectivity index (χ1) is 11.5. The summed E-state index contributed by atoms with van der Waals surface area (Å²) in [5.74, 6) is -0.691. The van der Waals surface area contributed by atoms with Crippen molar-refractivity contribution < 1.29 is 18.4 Å². The molecule has 0 fully saturated rings. The van der Waals surface area contributed by atoms with E-state index in [-0.39, 0.29) is 23.8 Å². The molecule has 0 spiro atoms. The summed E-state index contributed by atoms with van der Waals surface area (Å²) in [4.78, 5) is 24.0. The Kier molecular flexibility index (Phi) is 6.56. The average molecular weight is 351 g/mol. The van der Waals surface area contributed by atoms with Gasteiger partial charge in [0.1, 0.15) is 11.6 Å². The number of rotatable bonds is 5. The molecule has 2 rings (SSSR count). The minimum absolute atomic E-state index is 0.169. The highest BCUT2D eigenvalue weighted by Crippen LogP contribution is 2.18. The number of carbonyl (C=O) groups excluding carboxylic acids is 2. The van der Waals surface area contributed by atoms with Crippen molar-refractivity contribution in [2.45, 2.75) is 11.3 Å². The van der Waals surface area contributed by atoms with E-state index in [2.05, 4.69) is 16.2 Å². The van der Waals surface area contributed by atoms with E-state index in [0.717, 1.165) is 11.0 Å². The lowest BCUT2D eigenvalue weighted by Crippen LogP contribution is -2.44. The molecule has 0 saturated carbocycles. The Hall–Kier alpha value is -2.61. The van der Waals surface area contributed by atoms with Gasteiger partial charge in [-0.1, -0.05) is 6.07 Å². The fraction of sp³-hybridized carbons (Fsp3) is 0.125. The van der Waals surface area contributed by atoms with Crippen molar-refractivity contribution in [3.63, 3.8) is 0 Å². The van der Waals surface area contributed by atoms with Crippen molar-refractivity contribution in [1.29, 1.82) is 0 Å². The lowest BCUT2D eigenvalue weighted by molar-refractivity contribution is -0.121. The Morgan fingerprint density at radius 2 is 1.71 bits per heavy atom. The van der Waals surface area contributed by atoms with E-state index in [1.165, 1.54) is 42.1 Å². The zero-order valence-electron chi connectivity index (χ0n) is 12.5. The number of urea groups is 1. The summed E-state index contributed by atoms with van der Waals surface area (Å²) in [6.07, 6.45) is 0.169. The number of hydrazine groups is 1. The molecule has 0 saturated heterocycles. The second-order valence-corrected chi connectivity index (χ2v) is 5.86. The van der Waals surface area contributed by atoms with E-state index in [9.17, 15) is 18.4 Å². The molecule has 24 heavy (non-hydrogen) atoms. The minimum atomic E-state index is -0.680. The maximum Gasteiger partial charge on any atom is 0.337 e. The Morgan fingerprint density at radius 1 is 0.958 bits per heavy atom. The van der Waals surface area contributed by atoms with Gasteiger partial charge in [0.05, 0.1) is 0 Å². The molecule has 0 aliphatic rings. The number of benzene rings is 2. The third-order valence-corrected chi connectivity index (χ3v) is 3.82. The first kappa shape index (κ1) is 17.7. The lowest BCUT2D eigenvalue weighted by atomic mass is 10.3. The number of halogens is 2. The van der Waals surface area contributed by atoms with Crippen LogP contribution in [0.15, 0.2) is 53.4 Å². The van der Waals surface area contributed by atoms with Crippen molar-refractivity contribution in [1.82, 2.24) is 10.9 Å². The van der Waals surface area contributed by atoms with Crippen LogP contribution in [0.1, 0.15) is 6.42 Å². The number of hydrogen-bond donors (Lipinski definition) is 3. The fourth-order valence-electron chi connectivity index (χ4n) is 1.71. The summed E-state index contributed by atoms with van der Waals surface area (Å²) in [7, 11) is 0. The molecule has 5 nitrogen and oxygen atoms in total. The maximum absolute atomic E-state index is 13.0. The molecule has 3 amide bonds. The maximum atomic E-state index is 13.0. The topological polar surface area (TPSA) is 70.2 Å². The zero-order chi connectivity index (χ0) is 17.4. The Bertz CT molecular complexity index is 711. The third kappa shape index (κ3) is 6.25. The van der Waals surface area contributed by atoms with Crippen molar-refractivity contribution in [3.8, 4) is 0 Å². The van der Waals surface area contributed by atoms with Crippen molar-refractivity contribution in [2.75, 3.05) is 11.1 Å². The van der Waals surface area contributed by atoms with Crippen LogP contribution in [0.5, 0.6) is 0 Å². The molecule has 0 radical (unpaired) electrons. The van der Waals surface area contributed by atoms with Gasteiger partial charge in [-0.05, 0) is 42.5 Å². The SMILES string of the molecule is O=C(CCSc1ccc(F)cc1)NNC(=O)Nc1cccc(F)c1. The lowest BCUT2D eigenvalue weighted by Gasteiger charge is -2.09. The average Bonchev–Trinajstić information content (AvgIpc) is 2.55. The standard InChI is InChI=1S/C16H15F2N3O2S/c17-11-4-6-14(7-5-11)24-9-8-15(22)20-21-16(23)19-13-3-1-2-12(18)10-13/h1-7,10H,8-9H2,(H,20,22)(H2,19,21,23). The molecule has 0 heterocycles. The van der Waals surface area contributed by atoms with Crippen LogP contribution in [0, 0.1) is 11.6 Å². The first-order valence-electron chi connectivity index (χ1n) is 7.03. The van der Waals surface area contributed by atoms with Gasteiger partial charge in [0.25, 0.3) is 0 Å². The van der Waals surface area contributed by atoms with Gasteiger partial charge in [0, 0.05) is 22.8 Å². The van der Waals surface area contributed by atoms with Crippen molar-refractivity contribution in [3.05, 3.63) is 60.2 Å². The molecule has 2 aromatic carbocycles. The Balaban J connectivity index is 1.65. The molecule has 0 bridgehead atoms. The van der Waals surface area contributed by atoms with Gasteiger partial charge in [-0.25, -0.2) is 19.0 Å². The molecule has 0 aromatic heterocycles. The van der Waals surface area contributed by atoms with Gasteiger partial charge in [0.15, 0.2) is 0 Å². The second kappa shape index (κ2) is 8.88. The van der Waals surface area contributed by atoms with E-state index in [1.807, 2.05) is 0 Å². The first-order valence-corrected chi connectivity index (χ1v) is 8.01. The molecular formula is C16H15F2N3O2S. The predicted molar refractivity (Wildman–Crippen MR) is 88.4 cm³/mol. The van der Waals surface area contributed by atoms with Crippen LogP contribution in [0.4, 0.5) is 19.3 Å². The van der Waals surface area contributed by atoms with Gasteiger partial charge in [-0.3, -0.25) is 10.2 Å². The smallest absolute Gasteiger partial charge is 0.306 e. The highest BCUT2D eigenvalue weighted by atomic mass is 32.2. The molecule has 8 heteroatoms. The summed E-state index contributed by atoms with van der Waals surface area (Å²) in [5.41, 5.74) is 4.69.